The maximum absolute atomic E-state index is 6.07. The quantitative estimate of drug-likeness (QED) is 0.217. The molecule has 2 aromatic carbocycles. The summed E-state index contributed by atoms with van der Waals surface area (Å²) in [7, 11) is 0. The van der Waals surface area contributed by atoms with Crippen LogP contribution in [0.4, 0.5) is 5.69 Å². The lowest BCUT2D eigenvalue weighted by Gasteiger charge is -2.09. The molecule has 2 aromatic heterocycles. The van der Waals surface area contributed by atoms with E-state index in [4.69, 9.17) is 11.6 Å². The molecule has 31 heavy (non-hydrogen) atoms. The summed E-state index contributed by atoms with van der Waals surface area (Å²) in [6, 6.07) is 18.9. The molecule has 0 spiro atoms. The van der Waals surface area contributed by atoms with E-state index in [-0.39, 0.29) is 0 Å². The summed E-state index contributed by atoms with van der Waals surface area (Å²) in [5.74, 6) is 0. The number of aromatic nitrogens is 1. The van der Waals surface area contributed by atoms with Crippen molar-refractivity contribution in [1.82, 2.24) is 10.3 Å². The highest BCUT2D eigenvalue weighted by Gasteiger charge is 2.03. The van der Waals surface area contributed by atoms with Gasteiger partial charge in [-0.3, -0.25) is 4.98 Å². The molecule has 3 nitrogen and oxygen atoms in total. The Morgan fingerprint density at radius 2 is 1.65 bits per heavy atom. The zero-order chi connectivity index (χ0) is 21.3. The molecule has 0 saturated carbocycles. The van der Waals surface area contributed by atoms with E-state index >= 15 is 0 Å². The third-order valence-corrected chi connectivity index (χ3v) is 6.93. The number of pyridine rings is 1. The Labute approximate surface area is 193 Å². The fourth-order valence-electron chi connectivity index (χ4n) is 3.92. The minimum atomic E-state index is 0.729. The molecule has 2 N–H and O–H groups in total. The number of hydrogen-bond donors (Lipinski definition) is 2. The Morgan fingerprint density at radius 1 is 0.839 bits per heavy atom. The first kappa shape index (κ1) is 22.1. The van der Waals surface area contributed by atoms with Crippen molar-refractivity contribution in [3.05, 3.63) is 70.7 Å². The van der Waals surface area contributed by atoms with Crippen molar-refractivity contribution in [2.75, 3.05) is 18.4 Å². The minimum absolute atomic E-state index is 0.729. The molecule has 0 aliphatic heterocycles. The largest absolute Gasteiger partial charge is 0.384 e. The van der Waals surface area contributed by atoms with Crippen LogP contribution in [0.3, 0.4) is 0 Å². The molecule has 0 atom stereocenters. The average molecular weight is 452 g/mol. The molecule has 0 bridgehead atoms. The monoisotopic (exact) mass is 451 g/mol. The number of halogens is 1. The van der Waals surface area contributed by atoms with Crippen molar-refractivity contribution >= 4 is 49.6 Å². The van der Waals surface area contributed by atoms with Crippen LogP contribution >= 0.6 is 22.9 Å². The van der Waals surface area contributed by atoms with Crippen molar-refractivity contribution in [3.8, 4) is 0 Å². The lowest BCUT2D eigenvalue weighted by atomic mass is 10.1. The van der Waals surface area contributed by atoms with Gasteiger partial charge in [-0.05, 0) is 61.2 Å². The molecule has 0 fully saturated rings. The first-order valence-electron chi connectivity index (χ1n) is 11.3. The SMILES string of the molecule is Clc1ccc2c(NCCCCCCCCNCc3cc4ccccc4s3)ccnc2c1. The minimum Gasteiger partial charge on any atom is -0.384 e. The van der Waals surface area contributed by atoms with E-state index in [0.717, 1.165) is 41.2 Å². The van der Waals surface area contributed by atoms with Gasteiger partial charge in [-0.25, -0.2) is 0 Å². The Hall–Kier alpha value is -2.14. The van der Waals surface area contributed by atoms with Crippen LogP contribution in [0.5, 0.6) is 0 Å². The highest BCUT2D eigenvalue weighted by Crippen LogP contribution is 2.25. The highest BCUT2D eigenvalue weighted by molar-refractivity contribution is 7.19. The molecule has 5 heteroatoms. The van der Waals surface area contributed by atoms with E-state index in [2.05, 4.69) is 45.9 Å². The van der Waals surface area contributed by atoms with Crippen LogP contribution in [0.25, 0.3) is 21.0 Å². The second-order valence-electron chi connectivity index (χ2n) is 8.00. The number of hydrogen-bond acceptors (Lipinski definition) is 4. The van der Waals surface area contributed by atoms with Gasteiger partial charge in [0.05, 0.1) is 5.52 Å². The van der Waals surface area contributed by atoms with E-state index < -0.39 is 0 Å². The zero-order valence-corrected chi connectivity index (χ0v) is 19.4. The van der Waals surface area contributed by atoms with Crippen molar-refractivity contribution < 1.29 is 0 Å². The van der Waals surface area contributed by atoms with Crippen LogP contribution in [-0.4, -0.2) is 18.1 Å². The summed E-state index contributed by atoms with van der Waals surface area (Å²) in [4.78, 5) is 5.83. The van der Waals surface area contributed by atoms with E-state index in [9.17, 15) is 0 Å². The summed E-state index contributed by atoms with van der Waals surface area (Å²) in [6.07, 6.45) is 9.51. The summed E-state index contributed by atoms with van der Waals surface area (Å²) < 4.78 is 1.38. The maximum atomic E-state index is 6.07. The third kappa shape index (κ3) is 6.42. The number of fused-ring (bicyclic) bond motifs is 2. The van der Waals surface area contributed by atoms with E-state index in [0.29, 0.717) is 0 Å². The fraction of sp³-hybridized carbons (Fsp3) is 0.346. The van der Waals surface area contributed by atoms with Gasteiger partial charge < -0.3 is 10.6 Å². The van der Waals surface area contributed by atoms with Crippen LogP contribution in [0, 0.1) is 0 Å². The maximum Gasteiger partial charge on any atom is 0.0737 e. The van der Waals surface area contributed by atoms with Gasteiger partial charge in [0.2, 0.25) is 0 Å². The Bertz CT molecular complexity index is 1080. The lowest BCUT2D eigenvalue weighted by molar-refractivity contribution is 0.570. The lowest BCUT2D eigenvalue weighted by Crippen LogP contribution is -2.13. The second-order valence-corrected chi connectivity index (χ2v) is 9.60. The van der Waals surface area contributed by atoms with Gasteiger partial charge in [-0.15, -0.1) is 11.3 Å². The number of nitrogens with zero attached hydrogens (tertiary/aromatic N) is 1. The van der Waals surface area contributed by atoms with Crippen LogP contribution < -0.4 is 10.6 Å². The number of unbranched alkanes of at least 4 members (excludes halogenated alkanes) is 5. The number of thiophene rings is 1. The standard InChI is InChI=1S/C26H30ClN3S/c27-21-11-12-23-24(13-16-30-25(23)18-21)29-15-8-4-2-1-3-7-14-28-19-22-17-20-9-5-6-10-26(20)31-22/h5-6,9-13,16-18,28H,1-4,7-8,14-15,19H2,(H,29,30). The van der Waals surface area contributed by atoms with Crippen molar-refractivity contribution in [1.29, 1.82) is 0 Å². The van der Waals surface area contributed by atoms with Gasteiger partial charge in [0.1, 0.15) is 0 Å². The Morgan fingerprint density at radius 3 is 2.52 bits per heavy atom. The molecule has 4 rings (SSSR count). The van der Waals surface area contributed by atoms with Crippen molar-refractivity contribution in [2.45, 2.75) is 45.1 Å². The second kappa shape index (κ2) is 11.5. The smallest absolute Gasteiger partial charge is 0.0737 e. The average Bonchev–Trinajstić information content (AvgIpc) is 3.20. The van der Waals surface area contributed by atoms with Gasteiger partial charge in [0, 0.05) is 45.0 Å². The van der Waals surface area contributed by atoms with Gasteiger partial charge in [0.15, 0.2) is 0 Å². The normalized spacial score (nSPS) is 11.4. The topological polar surface area (TPSA) is 37.0 Å². The molecule has 4 aromatic rings. The Balaban J connectivity index is 1.04. The summed E-state index contributed by atoms with van der Waals surface area (Å²) in [6.45, 7) is 3.09. The highest BCUT2D eigenvalue weighted by atomic mass is 35.5. The van der Waals surface area contributed by atoms with Crippen molar-refractivity contribution in [3.63, 3.8) is 0 Å². The molecule has 0 aliphatic carbocycles. The van der Waals surface area contributed by atoms with Gasteiger partial charge in [0.25, 0.3) is 0 Å². The molecule has 0 amide bonds. The molecular formula is C26H30ClN3S. The number of rotatable bonds is 12. The van der Waals surface area contributed by atoms with Crippen LogP contribution in [0.15, 0.2) is 60.8 Å². The van der Waals surface area contributed by atoms with Crippen LogP contribution in [0.2, 0.25) is 5.02 Å². The number of benzene rings is 2. The van der Waals surface area contributed by atoms with Crippen LogP contribution in [-0.2, 0) is 6.54 Å². The van der Waals surface area contributed by atoms with Gasteiger partial charge in [-0.2, -0.15) is 0 Å². The number of anilines is 1. The molecule has 0 saturated heterocycles. The molecule has 2 heterocycles. The van der Waals surface area contributed by atoms with Crippen LogP contribution in [0.1, 0.15) is 43.4 Å². The zero-order valence-electron chi connectivity index (χ0n) is 17.9. The van der Waals surface area contributed by atoms with E-state index in [1.807, 2.05) is 41.8 Å². The molecule has 0 unspecified atom stereocenters. The van der Waals surface area contributed by atoms with E-state index in [1.54, 1.807) is 0 Å². The first-order chi connectivity index (χ1) is 15.3. The first-order valence-corrected chi connectivity index (χ1v) is 12.5. The Kier molecular flexibility index (Phi) is 8.17. The third-order valence-electron chi connectivity index (χ3n) is 5.58. The molecular weight excluding hydrogens is 422 g/mol. The molecule has 0 aliphatic rings. The molecule has 0 radical (unpaired) electrons. The number of nitrogens with one attached hydrogen (secondary N) is 2. The summed E-state index contributed by atoms with van der Waals surface area (Å²) in [5.41, 5.74) is 2.09. The molecule has 162 valence electrons. The predicted molar refractivity (Wildman–Crippen MR) is 136 cm³/mol. The van der Waals surface area contributed by atoms with Gasteiger partial charge in [-0.1, -0.05) is 55.5 Å². The van der Waals surface area contributed by atoms with E-state index in [1.165, 1.54) is 53.5 Å². The summed E-state index contributed by atoms with van der Waals surface area (Å²) >= 11 is 7.96. The predicted octanol–water partition coefficient (Wildman–Crippen LogP) is 7.65. The summed E-state index contributed by atoms with van der Waals surface area (Å²) in [5, 5.41) is 10.4. The fourth-order valence-corrected chi connectivity index (χ4v) is 5.12. The van der Waals surface area contributed by atoms with Gasteiger partial charge >= 0.3 is 0 Å². The van der Waals surface area contributed by atoms with Crippen molar-refractivity contribution in [2.24, 2.45) is 0 Å².